The number of phenols is 1. The average Bonchev–Trinajstić information content (AvgIpc) is 3.48. The summed E-state index contributed by atoms with van der Waals surface area (Å²) in [6, 6.07) is 15.5. The molecule has 0 aromatic heterocycles. The van der Waals surface area contributed by atoms with Crippen molar-refractivity contribution in [1.82, 2.24) is 0 Å². The molecular weight excluding hydrogens is 730 g/mol. The fourth-order valence-corrected chi connectivity index (χ4v) is 9.41. The normalized spacial score (nSPS) is 28.2. The number of imide groups is 2. The highest BCUT2D eigenvalue weighted by Crippen LogP contribution is 2.66. The van der Waals surface area contributed by atoms with Crippen LogP contribution in [0.25, 0.3) is 16.8 Å². The Balaban J connectivity index is 1.35. The summed E-state index contributed by atoms with van der Waals surface area (Å²) in [4.78, 5) is 52.7. The number of allylic oxidation sites excluding steroid dienone is 2. The third kappa shape index (κ3) is 4.19. The Labute approximate surface area is 301 Å². The molecule has 4 aromatic rings. The van der Waals surface area contributed by atoms with Crippen LogP contribution < -0.4 is 9.80 Å². The molecule has 0 spiro atoms. The van der Waals surface area contributed by atoms with Gasteiger partial charge in [0.05, 0.1) is 17.5 Å². The third-order valence-corrected chi connectivity index (χ3v) is 12.3. The van der Waals surface area contributed by atoms with Gasteiger partial charge in [-0.05, 0) is 53.5 Å². The van der Waals surface area contributed by atoms with Crippen LogP contribution in [0.4, 0.5) is 33.3 Å². The summed E-state index contributed by atoms with van der Waals surface area (Å²) in [5.74, 6) is -21.4. The molecule has 3 fully saturated rings. The molecule has 6 atom stereocenters. The summed E-state index contributed by atoms with van der Waals surface area (Å²) in [6.45, 7) is 3.70. The van der Waals surface area contributed by atoms with E-state index in [1.165, 1.54) is 12.1 Å². The second kappa shape index (κ2) is 11.5. The summed E-state index contributed by atoms with van der Waals surface area (Å²) in [5.41, 5.74) is -0.354. The summed E-state index contributed by atoms with van der Waals surface area (Å²) in [5, 5.41) is 11.3. The molecule has 4 aromatic carbocycles. The SMILES string of the molecule is C=Cc1ccc(N2C(=O)C3CC=C4C(CC5(Cl)C(=O)N(c6c(F)c(F)c(F)c(F)c6F)C(=O)C5(Cl)C4c4ccc(O)c5ccccc45)C3C2=O)cc1. The number of anilines is 2. The van der Waals surface area contributed by atoms with Crippen LogP contribution in [0.1, 0.15) is 29.9 Å². The number of fused-ring (bicyclic) bond motifs is 5. The summed E-state index contributed by atoms with van der Waals surface area (Å²) < 4.78 is 73.8. The molecule has 1 N–H and O–H groups in total. The molecule has 7 nitrogen and oxygen atoms in total. The average molecular weight is 754 g/mol. The predicted molar refractivity (Wildman–Crippen MR) is 181 cm³/mol. The Morgan fingerprint density at radius 2 is 1.37 bits per heavy atom. The highest BCUT2D eigenvalue weighted by atomic mass is 35.5. The van der Waals surface area contributed by atoms with E-state index in [0.29, 0.717) is 11.0 Å². The highest BCUT2D eigenvalue weighted by molar-refractivity contribution is 6.58. The molecule has 264 valence electrons. The minimum Gasteiger partial charge on any atom is -0.507 e. The minimum absolute atomic E-state index is 0.0133. The second-order valence-corrected chi connectivity index (χ2v) is 14.5. The molecule has 4 amide bonds. The van der Waals surface area contributed by atoms with Gasteiger partial charge in [0, 0.05) is 11.3 Å². The monoisotopic (exact) mass is 752 g/mol. The lowest BCUT2D eigenvalue weighted by atomic mass is 9.56. The maximum absolute atomic E-state index is 15.3. The second-order valence-electron chi connectivity index (χ2n) is 13.2. The van der Waals surface area contributed by atoms with Crippen molar-refractivity contribution >= 4 is 75.1 Å². The molecule has 52 heavy (non-hydrogen) atoms. The number of phenolic OH excluding ortho intramolecular Hbond substituents is 1. The van der Waals surface area contributed by atoms with Crippen LogP contribution in [0.3, 0.4) is 0 Å². The Bertz CT molecular complexity index is 2340. The van der Waals surface area contributed by atoms with E-state index in [1.54, 1.807) is 60.7 Å². The first kappa shape index (κ1) is 34.0. The van der Waals surface area contributed by atoms with Crippen molar-refractivity contribution in [2.24, 2.45) is 17.8 Å². The summed E-state index contributed by atoms with van der Waals surface area (Å²) >= 11 is 14.5. The van der Waals surface area contributed by atoms with Crippen molar-refractivity contribution < 1.29 is 46.2 Å². The molecule has 2 aliphatic heterocycles. The van der Waals surface area contributed by atoms with Gasteiger partial charge in [0.1, 0.15) is 11.4 Å². The van der Waals surface area contributed by atoms with Crippen LogP contribution in [0, 0.1) is 46.8 Å². The van der Waals surface area contributed by atoms with E-state index >= 15 is 8.78 Å². The molecule has 0 bridgehead atoms. The Morgan fingerprint density at radius 1 is 0.750 bits per heavy atom. The molecular formula is C38H23Cl2F5N2O5. The molecule has 2 aliphatic carbocycles. The number of hydrogen-bond acceptors (Lipinski definition) is 5. The first-order chi connectivity index (χ1) is 24.7. The Morgan fingerprint density at radius 3 is 2.00 bits per heavy atom. The van der Waals surface area contributed by atoms with Crippen LogP contribution >= 0.6 is 23.2 Å². The first-order valence-corrected chi connectivity index (χ1v) is 16.7. The van der Waals surface area contributed by atoms with Gasteiger partial charge in [-0.25, -0.2) is 26.9 Å². The molecule has 0 radical (unpaired) electrons. The predicted octanol–water partition coefficient (Wildman–Crippen LogP) is 7.65. The number of carbonyl (C=O) groups excluding carboxylic acids is 4. The van der Waals surface area contributed by atoms with Gasteiger partial charge >= 0.3 is 0 Å². The minimum atomic E-state index is -2.69. The number of nitrogens with zero attached hydrogens (tertiary/aromatic N) is 2. The zero-order chi connectivity index (χ0) is 37.2. The van der Waals surface area contributed by atoms with E-state index in [1.807, 2.05) is 0 Å². The molecule has 1 saturated carbocycles. The number of halogens is 7. The van der Waals surface area contributed by atoms with Crippen molar-refractivity contribution in [3.05, 3.63) is 119 Å². The van der Waals surface area contributed by atoms with E-state index in [0.717, 1.165) is 10.5 Å². The van der Waals surface area contributed by atoms with Gasteiger partial charge < -0.3 is 5.11 Å². The van der Waals surface area contributed by atoms with Gasteiger partial charge in [0.25, 0.3) is 11.8 Å². The molecule has 8 rings (SSSR count). The lowest BCUT2D eigenvalue weighted by Gasteiger charge is -2.51. The van der Waals surface area contributed by atoms with E-state index in [4.69, 9.17) is 23.2 Å². The zero-order valence-electron chi connectivity index (χ0n) is 26.5. The quantitative estimate of drug-likeness (QED) is 0.0578. The number of benzene rings is 4. The van der Waals surface area contributed by atoms with Gasteiger partial charge in [0.2, 0.25) is 17.6 Å². The standard InChI is InChI=1S/C38H23Cl2F5N2O5/c1-2-16-7-9-17(10-8-16)46-33(49)22-12-11-21-23(25(22)34(46)50)15-37(39)35(51)47(32-30(44)28(42)27(41)29(43)31(32)45)36(52)38(37,40)26(21)20-13-14-24(48)19-6-4-3-5-18(19)20/h2-11,13-14,22-23,25-26,48H,1,12,15H2. The molecule has 14 heteroatoms. The third-order valence-electron chi connectivity index (χ3n) is 10.9. The van der Waals surface area contributed by atoms with Gasteiger partial charge in [-0.1, -0.05) is 66.8 Å². The highest BCUT2D eigenvalue weighted by Gasteiger charge is 2.77. The van der Waals surface area contributed by atoms with E-state index in [9.17, 15) is 37.5 Å². The van der Waals surface area contributed by atoms with Crippen molar-refractivity contribution in [1.29, 1.82) is 0 Å². The van der Waals surface area contributed by atoms with E-state index < -0.39 is 98.2 Å². The molecule has 2 heterocycles. The van der Waals surface area contributed by atoms with Gasteiger partial charge in [-0.15, -0.1) is 23.2 Å². The van der Waals surface area contributed by atoms with Crippen molar-refractivity contribution in [3.63, 3.8) is 0 Å². The maximum Gasteiger partial charge on any atom is 0.258 e. The lowest BCUT2D eigenvalue weighted by molar-refractivity contribution is -0.125. The Kier molecular flexibility index (Phi) is 7.50. The number of hydrogen-bond donors (Lipinski definition) is 1. The number of carbonyl (C=O) groups is 4. The van der Waals surface area contributed by atoms with Crippen molar-refractivity contribution in [2.45, 2.75) is 28.5 Å². The first-order valence-electron chi connectivity index (χ1n) is 16.0. The van der Waals surface area contributed by atoms with Gasteiger partial charge in [0.15, 0.2) is 33.0 Å². The molecule has 6 unspecified atom stereocenters. The number of aromatic hydroxyl groups is 1. The molecule has 2 saturated heterocycles. The maximum atomic E-state index is 15.3. The summed E-state index contributed by atoms with van der Waals surface area (Å²) in [7, 11) is 0. The fourth-order valence-electron chi connectivity index (χ4n) is 8.48. The smallest absolute Gasteiger partial charge is 0.258 e. The van der Waals surface area contributed by atoms with E-state index in [-0.39, 0.29) is 33.7 Å². The lowest BCUT2D eigenvalue weighted by Crippen LogP contribution is -2.60. The largest absolute Gasteiger partial charge is 0.507 e. The zero-order valence-corrected chi connectivity index (χ0v) is 28.0. The number of alkyl halides is 2. The molecule has 4 aliphatic rings. The van der Waals surface area contributed by atoms with Crippen LogP contribution in [-0.2, 0) is 19.2 Å². The topological polar surface area (TPSA) is 95.0 Å². The Hall–Kier alpha value is -5.07. The van der Waals surface area contributed by atoms with Crippen LogP contribution in [-0.4, -0.2) is 38.5 Å². The van der Waals surface area contributed by atoms with Crippen LogP contribution in [0.5, 0.6) is 5.75 Å². The number of amides is 4. The number of rotatable bonds is 4. The van der Waals surface area contributed by atoms with Gasteiger partial charge in [-0.2, -0.15) is 0 Å². The van der Waals surface area contributed by atoms with Gasteiger partial charge in [-0.3, -0.25) is 24.1 Å². The van der Waals surface area contributed by atoms with Crippen molar-refractivity contribution in [2.75, 3.05) is 9.80 Å². The fraction of sp³-hybridized carbons (Fsp3) is 0.211. The van der Waals surface area contributed by atoms with E-state index in [2.05, 4.69) is 6.58 Å². The van der Waals surface area contributed by atoms with Crippen LogP contribution in [0.15, 0.2) is 78.9 Å². The summed E-state index contributed by atoms with van der Waals surface area (Å²) in [6.07, 6.45) is 2.56. The van der Waals surface area contributed by atoms with Crippen molar-refractivity contribution in [3.8, 4) is 5.75 Å². The van der Waals surface area contributed by atoms with Crippen LogP contribution in [0.2, 0.25) is 0 Å².